The molecule has 3 heterocycles. The molecule has 0 amide bonds. The Bertz CT molecular complexity index is 1890. The van der Waals surface area contributed by atoms with Crippen LogP contribution in [0.15, 0.2) is 85.2 Å². The number of anilines is 4. The van der Waals surface area contributed by atoms with Crippen LogP contribution >= 0.6 is 0 Å². The summed E-state index contributed by atoms with van der Waals surface area (Å²) in [5.74, 6) is 1.04. The molecule has 3 aromatic carbocycles. The fraction of sp³-hybridized carbons (Fsp3) is 0.0968. The summed E-state index contributed by atoms with van der Waals surface area (Å²) in [5.41, 5.74) is 3.93. The average molecular weight is 551 g/mol. The van der Waals surface area contributed by atoms with E-state index in [0.29, 0.717) is 64.4 Å². The number of nitrogens with zero attached hydrogens (tertiary/aromatic N) is 2. The maximum Gasteiger partial charge on any atom is 0.148 e. The van der Waals surface area contributed by atoms with Gasteiger partial charge in [-0.15, -0.1) is 0 Å². The number of aromatic amines is 2. The van der Waals surface area contributed by atoms with Crippen molar-refractivity contribution in [3.05, 3.63) is 103 Å². The van der Waals surface area contributed by atoms with Crippen molar-refractivity contribution in [3.63, 3.8) is 0 Å². The molecule has 0 radical (unpaired) electrons. The van der Waals surface area contributed by atoms with Gasteiger partial charge in [0.15, 0.2) is 0 Å². The van der Waals surface area contributed by atoms with Crippen LogP contribution in [0, 0.1) is 23.0 Å². The highest BCUT2D eigenvalue weighted by Gasteiger charge is 2.08. The SMILES string of the molecule is N#Cc1cc(OCCCOc2cccc(Nc3ccc4c(F)c[nH]c4c3)c2)cc(Nc2ccc3c(F)c[nH]c3c2)n1. The number of nitrogens with one attached hydrogen (secondary N) is 4. The quantitative estimate of drug-likeness (QED) is 0.131. The zero-order valence-corrected chi connectivity index (χ0v) is 21.7. The molecule has 10 heteroatoms. The molecule has 0 atom stereocenters. The van der Waals surface area contributed by atoms with Crippen molar-refractivity contribution in [2.24, 2.45) is 0 Å². The Morgan fingerprint density at radius 3 is 2.05 bits per heavy atom. The van der Waals surface area contributed by atoms with Gasteiger partial charge >= 0.3 is 0 Å². The van der Waals surface area contributed by atoms with Gasteiger partial charge in [0.2, 0.25) is 0 Å². The monoisotopic (exact) mass is 550 g/mol. The van der Waals surface area contributed by atoms with E-state index in [2.05, 4.69) is 25.6 Å². The third kappa shape index (κ3) is 5.89. The first-order valence-corrected chi connectivity index (χ1v) is 12.9. The second-order valence-corrected chi connectivity index (χ2v) is 9.31. The number of H-pyrrole nitrogens is 2. The summed E-state index contributed by atoms with van der Waals surface area (Å²) in [6.45, 7) is 0.790. The smallest absolute Gasteiger partial charge is 0.148 e. The fourth-order valence-electron chi connectivity index (χ4n) is 4.46. The molecular weight excluding hydrogens is 526 g/mol. The van der Waals surface area contributed by atoms with Crippen LogP contribution in [0.5, 0.6) is 11.5 Å². The molecule has 0 saturated heterocycles. The molecule has 6 aromatic rings. The maximum atomic E-state index is 13.7. The van der Waals surface area contributed by atoms with Gasteiger partial charge in [-0.25, -0.2) is 13.8 Å². The molecule has 0 bridgehead atoms. The summed E-state index contributed by atoms with van der Waals surface area (Å²) in [7, 11) is 0. The molecule has 0 spiro atoms. The molecule has 0 saturated carbocycles. The Labute approximate surface area is 233 Å². The molecule has 8 nitrogen and oxygen atoms in total. The van der Waals surface area contributed by atoms with Gasteiger partial charge in [-0.3, -0.25) is 0 Å². The minimum atomic E-state index is -0.315. The van der Waals surface area contributed by atoms with E-state index >= 15 is 0 Å². The van der Waals surface area contributed by atoms with Crippen molar-refractivity contribution >= 4 is 44.7 Å². The summed E-state index contributed by atoms with van der Waals surface area (Å²) >= 11 is 0. The van der Waals surface area contributed by atoms with Crippen LogP contribution in [-0.2, 0) is 0 Å². The number of hydrogen-bond acceptors (Lipinski definition) is 6. The number of halogens is 2. The summed E-state index contributed by atoms with van der Waals surface area (Å²) < 4.78 is 39.2. The van der Waals surface area contributed by atoms with Gasteiger partial charge in [0.05, 0.1) is 24.2 Å². The largest absolute Gasteiger partial charge is 0.493 e. The average Bonchev–Trinajstić information content (AvgIpc) is 3.54. The lowest BCUT2D eigenvalue weighted by atomic mass is 10.2. The summed E-state index contributed by atoms with van der Waals surface area (Å²) in [6.07, 6.45) is 3.26. The van der Waals surface area contributed by atoms with Crippen LogP contribution in [0.25, 0.3) is 21.8 Å². The standard InChI is InChI=1S/C31H24F2N6O2/c32-27-17-35-29-13-20(5-7-25(27)29)37-19-3-1-4-23(11-19)40-9-2-10-41-24-12-22(16-34)39-31(15-24)38-21-6-8-26-28(33)18-36-30(26)14-21/h1,3-8,11-15,17-18,35-37H,2,9-10H2,(H,38,39). The minimum Gasteiger partial charge on any atom is -0.493 e. The molecule has 204 valence electrons. The molecule has 3 aromatic heterocycles. The first-order valence-electron chi connectivity index (χ1n) is 12.9. The minimum absolute atomic E-state index is 0.207. The number of rotatable bonds is 10. The van der Waals surface area contributed by atoms with Gasteiger partial charge in [-0.1, -0.05) is 6.07 Å². The molecular formula is C31H24F2N6O2. The van der Waals surface area contributed by atoms with Crippen molar-refractivity contribution in [2.75, 3.05) is 23.8 Å². The number of aromatic nitrogens is 3. The zero-order chi connectivity index (χ0) is 28.2. The highest BCUT2D eigenvalue weighted by molar-refractivity contribution is 5.85. The Kier molecular flexibility index (Phi) is 7.07. The Hall–Kier alpha value is -5.56. The molecule has 41 heavy (non-hydrogen) atoms. The van der Waals surface area contributed by atoms with E-state index in [-0.39, 0.29) is 17.3 Å². The molecule has 0 fully saturated rings. The van der Waals surface area contributed by atoms with Crippen LogP contribution in [0.4, 0.5) is 31.7 Å². The van der Waals surface area contributed by atoms with Crippen LogP contribution in [0.2, 0.25) is 0 Å². The highest BCUT2D eigenvalue weighted by Crippen LogP contribution is 2.27. The van der Waals surface area contributed by atoms with E-state index in [4.69, 9.17) is 9.47 Å². The number of ether oxygens (including phenoxy) is 2. The number of pyridine rings is 1. The molecule has 6 rings (SSSR count). The van der Waals surface area contributed by atoms with Gasteiger partial charge in [-0.2, -0.15) is 5.26 Å². The fourth-order valence-corrected chi connectivity index (χ4v) is 4.46. The number of benzene rings is 3. The predicted octanol–water partition coefficient (Wildman–Crippen LogP) is 7.53. The number of nitriles is 1. The lowest BCUT2D eigenvalue weighted by Gasteiger charge is -2.12. The van der Waals surface area contributed by atoms with E-state index < -0.39 is 0 Å². The second kappa shape index (κ2) is 11.3. The summed E-state index contributed by atoms with van der Waals surface area (Å²) in [6, 6.07) is 23.5. The Morgan fingerprint density at radius 1 is 0.732 bits per heavy atom. The third-order valence-corrected chi connectivity index (χ3v) is 6.40. The maximum absolute atomic E-state index is 13.7. The molecule has 4 N–H and O–H groups in total. The molecule has 0 aliphatic carbocycles. The Morgan fingerprint density at radius 2 is 1.37 bits per heavy atom. The lowest BCUT2D eigenvalue weighted by molar-refractivity contribution is 0.247. The van der Waals surface area contributed by atoms with E-state index in [1.807, 2.05) is 42.5 Å². The van der Waals surface area contributed by atoms with Crippen molar-refractivity contribution in [2.45, 2.75) is 6.42 Å². The van der Waals surface area contributed by atoms with Crippen molar-refractivity contribution < 1.29 is 18.3 Å². The van der Waals surface area contributed by atoms with Gasteiger partial charge < -0.3 is 30.1 Å². The summed E-state index contributed by atoms with van der Waals surface area (Å²) in [5, 5.41) is 16.9. The van der Waals surface area contributed by atoms with Crippen LogP contribution < -0.4 is 20.1 Å². The summed E-state index contributed by atoms with van der Waals surface area (Å²) in [4.78, 5) is 10.1. The molecule has 0 aliphatic heterocycles. The molecule has 0 unspecified atom stereocenters. The third-order valence-electron chi connectivity index (χ3n) is 6.40. The van der Waals surface area contributed by atoms with Gasteiger partial charge in [0.1, 0.15) is 40.7 Å². The first-order chi connectivity index (χ1) is 20.0. The molecule has 0 aliphatic rings. The van der Waals surface area contributed by atoms with Crippen LogP contribution in [0.1, 0.15) is 12.1 Å². The second-order valence-electron chi connectivity index (χ2n) is 9.31. The van der Waals surface area contributed by atoms with Crippen molar-refractivity contribution in [3.8, 4) is 17.6 Å². The van der Waals surface area contributed by atoms with E-state index in [0.717, 1.165) is 11.4 Å². The predicted molar refractivity (Wildman–Crippen MR) is 154 cm³/mol. The normalized spacial score (nSPS) is 11.0. The number of fused-ring (bicyclic) bond motifs is 2. The van der Waals surface area contributed by atoms with Gasteiger partial charge in [0, 0.05) is 64.8 Å². The topological polar surface area (TPSA) is 111 Å². The van der Waals surface area contributed by atoms with Crippen molar-refractivity contribution in [1.82, 2.24) is 15.0 Å². The lowest BCUT2D eigenvalue weighted by Crippen LogP contribution is -2.06. The Balaban J connectivity index is 1.02. The van der Waals surface area contributed by atoms with Gasteiger partial charge in [-0.05, 0) is 48.5 Å². The van der Waals surface area contributed by atoms with Crippen molar-refractivity contribution in [1.29, 1.82) is 5.26 Å². The zero-order valence-electron chi connectivity index (χ0n) is 21.7. The first kappa shape index (κ1) is 25.7. The van der Waals surface area contributed by atoms with Crippen LogP contribution in [-0.4, -0.2) is 28.2 Å². The van der Waals surface area contributed by atoms with E-state index in [9.17, 15) is 14.0 Å². The van der Waals surface area contributed by atoms with Gasteiger partial charge in [0.25, 0.3) is 0 Å². The number of hydrogen-bond donors (Lipinski definition) is 4. The van der Waals surface area contributed by atoms with Crippen LogP contribution in [0.3, 0.4) is 0 Å². The van der Waals surface area contributed by atoms with E-state index in [1.165, 1.54) is 12.4 Å². The van der Waals surface area contributed by atoms with E-state index in [1.54, 1.807) is 36.4 Å². The highest BCUT2D eigenvalue weighted by atomic mass is 19.1.